The molecule has 3 heteroatoms. The molecule has 0 aliphatic carbocycles. The minimum atomic E-state index is -1.25. The molecule has 5 heavy (non-hydrogen) atoms. The van der Waals surface area contributed by atoms with Gasteiger partial charge < -0.3 is 5.32 Å². The summed E-state index contributed by atoms with van der Waals surface area (Å²) in [7, 11) is 1.29. The zero-order valence-corrected chi connectivity index (χ0v) is 2.82. The lowest BCUT2D eigenvalue weighted by molar-refractivity contribution is 0.171. The number of hydrogen-bond acceptors (Lipinski definition) is 1. The second-order valence-corrected chi connectivity index (χ2v) is 0.537. The van der Waals surface area contributed by atoms with Gasteiger partial charge in [-0.25, -0.2) is 9.90 Å². The van der Waals surface area contributed by atoms with Gasteiger partial charge in [0.1, 0.15) is 0 Å². The molecule has 3 nitrogen and oxygen atoms in total. The molecule has 0 aliphatic heterocycles. The van der Waals surface area contributed by atoms with Gasteiger partial charge in [0.05, 0.1) is 0 Å². The topological polar surface area (TPSA) is 49.0 Å². The summed E-state index contributed by atoms with van der Waals surface area (Å²) in [6, 6.07) is 0. The van der Waals surface area contributed by atoms with E-state index < -0.39 is 6.09 Å². The minimum Gasteiger partial charge on any atom is -0.321 e. The summed E-state index contributed by atoms with van der Waals surface area (Å²) in [5.74, 6) is 0. The molecule has 1 radical (unpaired) electrons. The Hall–Kier alpha value is -0.730. The van der Waals surface area contributed by atoms with Crippen molar-refractivity contribution in [3.05, 3.63) is 0 Å². The SMILES string of the molecule is CNC([O])=O. The van der Waals surface area contributed by atoms with E-state index in [1.165, 1.54) is 7.05 Å². The van der Waals surface area contributed by atoms with Crippen molar-refractivity contribution in [1.82, 2.24) is 5.32 Å². The second-order valence-electron chi connectivity index (χ2n) is 0.537. The summed E-state index contributed by atoms with van der Waals surface area (Å²) in [5, 5.41) is 11.0. The molecule has 0 unspecified atom stereocenters. The molecule has 0 saturated heterocycles. The van der Waals surface area contributed by atoms with Crippen molar-refractivity contribution in [2.24, 2.45) is 0 Å². The average Bonchev–Trinajstić information content (AvgIpc) is 1.38. The maximum atomic E-state index is 9.15. The molecule has 0 aromatic heterocycles. The quantitative estimate of drug-likeness (QED) is 0.423. The van der Waals surface area contributed by atoms with Crippen molar-refractivity contribution in [2.75, 3.05) is 7.05 Å². The van der Waals surface area contributed by atoms with Crippen LogP contribution in [-0.4, -0.2) is 13.1 Å². The first-order valence-electron chi connectivity index (χ1n) is 1.16. The van der Waals surface area contributed by atoms with Crippen molar-refractivity contribution in [2.45, 2.75) is 0 Å². The highest BCUT2D eigenvalue weighted by Gasteiger charge is 1.82. The summed E-state index contributed by atoms with van der Waals surface area (Å²) >= 11 is 0. The average molecular weight is 74.1 g/mol. The molecule has 0 spiro atoms. The highest BCUT2D eigenvalue weighted by atomic mass is 16.4. The smallest absolute Gasteiger partial charge is 0.321 e. The fraction of sp³-hybridized carbons (Fsp3) is 0.500. The Morgan fingerprint density at radius 2 is 2.00 bits per heavy atom. The van der Waals surface area contributed by atoms with Crippen LogP contribution in [-0.2, 0) is 5.11 Å². The van der Waals surface area contributed by atoms with Gasteiger partial charge in [-0.2, -0.15) is 0 Å². The minimum absolute atomic E-state index is 1.25. The second kappa shape index (κ2) is 1.58. The van der Waals surface area contributed by atoms with E-state index in [0.717, 1.165) is 0 Å². The van der Waals surface area contributed by atoms with E-state index in [9.17, 15) is 0 Å². The van der Waals surface area contributed by atoms with Crippen LogP contribution in [0.2, 0.25) is 0 Å². The predicted molar refractivity (Wildman–Crippen MR) is 15.1 cm³/mol. The molecule has 0 aromatic carbocycles. The number of rotatable bonds is 0. The summed E-state index contributed by atoms with van der Waals surface area (Å²) in [5.41, 5.74) is 0. The fourth-order valence-electron chi connectivity index (χ4n) is 0. The molecule has 1 N–H and O–H groups in total. The van der Waals surface area contributed by atoms with Crippen LogP contribution in [0.5, 0.6) is 0 Å². The van der Waals surface area contributed by atoms with E-state index in [1.54, 1.807) is 0 Å². The van der Waals surface area contributed by atoms with Crippen LogP contribution in [0, 0.1) is 0 Å². The largest absolute Gasteiger partial charge is 0.450 e. The Kier molecular flexibility index (Phi) is 1.35. The molecule has 0 atom stereocenters. The van der Waals surface area contributed by atoms with Crippen molar-refractivity contribution in [3.8, 4) is 0 Å². The molecule has 0 heterocycles. The van der Waals surface area contributed by atoms with E-state index in [0.29, 0.717) is 0 Å². The van der Waals surface area contributed by atoms with Crippen molar-refractivity contribution in [3.63, 3.8) is 0 Å². The zero-order chi connectivity index (χ0) is 4.28. The van der Waals surface area contributed by atoms with Crippen LogP contribution >= 0.6 is 0 Å². The van der Waals surface area contributed by atoms with E-state index in [2.05, 4.69) is 0 Å². The lowest BCUT2D eigenvalue weighted by Gasteiger charge is -1.73. The fourth-order valence-corrected chi connectivity index (χ4v) is 0. The standard InChI is InChI=1S/C2H4NO2/c1-3-2(4)5/h3H,1H3. The van der Waals surface area contributed by atoms with Gasteiger partial charge in [-0.05, 0) is 0 Å². The maximum Gasteiger partial charge on any atom is 0.450 e. The summed E-state index contributed by atoms with van der Waals surface area (Å²) in [4.78, 5) is 9.15. The Morgan fingerprint density at radius 3 is 2.00 bits per heavy atom. The molecule has 0 aliphatic rings. The Labute approximate surface area is 29.6 Å². The van der Waals surface area contributed by atoms with Gasteiger partial charge in [-0.1, -0.05) is 0 Å². The third-order valence-electron chi connectivity index (χ3n) is 0.204. The summed E-state index contributed by atoms with van der Waals surface area (Å²) in [6.45, 7) is 0. The molecule has 29 valence electrons. The van der Waals surface area contributed by atoms with Crippen LogP contribution in [0.1, 0.15) is 0 Å². The normalized spacial score (nSPS) is 6.60. The van der Waals surface area contributed by atoms with Gasteiger partial charge in [0, 0.05) is 7.05 Å². The Balaban J connectivity index is 2.85. The Morgan fingerprint density at radius 1 is 1.80 bits per heavy atom. The molecule has 0 fully saturated rings. The van der Waals surface area contributed by atoms with Gasteiger partial charge in [0.2, 0.25) is 0 Å². The number of carbonyl (C=O) groups excluding carboxylic acids is 1. The van der Waals surface area contributed by atoms with Crippen molar-refractivity contribution < 1.29 is 9.90 Å². The predicted octanol–water partition coefficient (Wildman–Crippen LogP) is -0.244. The monoisotopic (exact) mass is 74.0 g/mol. The first kappa shape index (κ1) is 4.27. The molecular weight excluding hydrogens is 70.0 g/mol. The van der Waals surface area contributed by atoms with E-state index in [-0.39, 0.29) is 0 Å². The molecule has 0 rings (SSSR count). The first-order valence-corrected chi connectivity index (χ1v) is 1.16. The van der Waals surface area contributed by atoms with Crippen molar-refractivity contribution in [1.29, 1.82) is 0 Å². The lowest BCUT2D eigenvalue weighted by Crippen LogP contribution is -2.11. The van der Waals surface area contributed by atoms with Gasteiger partial charge in [-0.15, -0.1) is 0 Å². The molecule has 0 bridgehead atoms. The van der Waals surface area contributed by atoms with Crippen LogP contribution in [0.3, 0.4) is 0 Å². The van der Waals surface area contributed by atoms with Gasteiger partial charge >= 0.3 is 6.09 Å². The zero-order valence-electron chi connectivity index (χ0n) is 2.82. The first-order chi connectivity index (χ1) is 2.27. The summed E-state index contributed by atoms with van der Waals surface area (Å²) < 4.78 is 0. The van der Waals surface area contributed by atoms with Crippen LogP contribution < -0.4 is 5.32 Å². The maximum absolute atomic E-state index is 9.15. The lowest BCUT2D eigenvalue weighted by atomic mass is 11.1. The van der Waals surface area contributed by atoms with Crippen LogP contribution in [0.15, 0.2) is 0 Å². The van der Waals surface area contributed by atoms with Gasteiger partial charge in [0.15, 0.2) is 0 Å². The van der Waals surface area contributed by atoms with Crippen LogP contribution in [0.25, 0.3) is 0 Å². The molecule has 0 aromatic rings. The Bertz CT molecular complexity index is 42.9. The third-order valence-corrected chi connectivity index (χ3v) is 0.204. The highest BCUT2D eigenvalue weighted by Crippen LogP contribution is 1.48. The number of amides is 1. The number of carbonyl (C=O) groups is 1. The van der Waals surface area contributed by atoms with Crippen molar-refractivity contribution >= 4 is 6.09 Å². The number of nitrogens with one attached hydrogen (secondary N) is 1. The summed E-state index contributed by atoms with van der Waals surface area (Å²) in [6.07, 6.45) is -1.25. The molecule has 0 saturated carbocycles. The third kappa shape index (κ3) is 3.27. The molecular formula is C2H4NO2. The van der Waals surface area contributed by atoms with E-state index in [4.69, 9.17) is 9.90 Å². The van der Waals surface area contributed by atoms with Crippen LogP contribution in [0.4, 0.5) is 4.79 Å². The van der Waals surface area contributed by atoms with E-state index in [1.807, 2.05) is 5.32 Å². The number of hydrogen-bond donors (Lipinski definition) is 1. The van der Waals surface area contributed by atoms with E-state index >= 15 is 0 Å². The highest BCUT2D eigenvalue weighted by molar-refractivity contribution is 5.63. The van der Waals surface area contributed by atoms with Gasteiger partial charge in [-0.3, -0.25) is 0 Å². The van der Waals surface area contributed by atoms with Gasteiger partial charge in [0.25, 0.3) is 0 Å². The molecule has 1 amide bonds.